The molecule has 154 valence electrons. The van der Waals surface area contributed by atoms with Crippen molar-refractivity contribution in [3.05, 3.63) is 57.0 Å². The largest absolute Gasteiger partial charge is 0.493 e. The number of fused-ring (bicyclic) bond motifs is 2. The number of aryl methyl sites for hydroxylation is 2. The first-order valence-electron chi connectivity index (χ1n) is 9.11. The van der Waals surface area contributed by atoms with E-state index in [4.69, 9.17) is 4.74 Å². The van der Waals surface area contributed by atoms with Gasteiger partial charge in [-0.2, -0.15) is 0 Å². The molecule has 3 heterocycles. The molecule has 1 atom stereocenters. The molecule has 1 aliphatic rings. The number of sulfonamides is 1. The van der Waals surface area contributed by atoms with E-state index in [0.717, 1.165) is 10.1 Å². The van der Waals surface area contributed by atoms with Gasteiger partial charge in [-0.1, -0.05) is 18.2 Å². The van der Waals surface area contributed by atoms with Gasteiger partial charge in [0.25, 0.3) is 5.56 Å². The van der Waals surface area contributed by atoms with Crippen LogP contribution in [0.3, 0.4) is 0 Å². The quantitative estimate of drug-likeness (QED) is 0.616. The number of para-hydroxylation sites is 1. The molecule has 2 aromatic heterocycles. The van der Waals surface area contributed by atoms with Gasteiger partial charge in [0.15, 0.2) is 11.2 Å². The summed E-state index contributed by atoms with van der Waals surface area (Å²) in [6.45, 7) is 0.463. The van der Waals surface area contributed by atoms with Crippen LogP contribution in [-0.4, -0.2) is 39.5 Å². The molecule has 0 unspecified atom stereocenters. The van der Waals surface area contributed by atoms with E-state index in [-0.39, 0.29) is 29.5 Å². The summed E-state index contributed by atoms with van der Waals surface area (Å²) in [5.74, 6) is 0.445. The van der Waals surface area contributed by atoms with Crippen molar-refractivity contribution in [3.8, 4) is 5.75 Å². The molecular weight excluding hydrogens is 398 g/mol. The molecule has 0 amide bonds. The first-order chi connectivity index (χ1) is 13.8. The predicted molar refractivity (Wildman–Crippen MR) is 106 cm³/mol. The number of hydrogen-bond acceptors (Lipinski definition) is 6. The molecule has 0 bridgehead atoms. The Morgan fingerprint density at radius 3 is 2.76 bits per heavy atom. The van der Waals surface area contributed by atoms with Crippen molar-refractivity contribution in [3.63, 3.8) is 0 Å². The lowest BCUT2D eigenvalue weighted by atomic mass is 10.0. The van der Waals surface area contributed by atoms with Gasteiger partial charge >= 0.3 is 5.69 Å². The highest BCUT2D eigenvalue weighted by Gasteiger charge is 2.26. The summed E-state index contributed by atoms with van der Waals surface area (Å²) >= 11 is 0. The Bertz CT molecular complexity index is 1300. The van der Waals surface area contributed by atoms with Gasteiger partial charge in [0.05, 0.1) is 24.7 Å². The Labute approximate surface area is 166 Å². The molecule has 3 aromatic rings. The van der Waals surface area contributed by atoms with E-state index in [1.807, 2.05) is 24.3 Å². The molecule has 1 N–H and O–H groups in total. The maximum atomic E-state index is 12.7. The molecule has 4 rings (SSSR count). The Hall–Kier alpha value is -2.92. The van der Waals surface area contributed by atoms with Crippen LogP contribution in [-0.2, 0) is 30.7 Å². The summed E-state index contributed by atoms with van der Waals surface area (Å²) < 4.78 is 37.4. The number of aromatic nitrogens is 4. The minimum Gasteiger partial charge on any atom is -0.493 e. The number of imidazole rings is 1. The summed E-state index contributed by atoms with van der Waals surface area (Å²) in [7, 11) is -0.748. The fourth-order valence-electron chi connectivity index (χ4n) is 3.53. The van der Waals surface area contributed by atoms with E-state index in [9.17, 15) is 18.0 Å². The Balaban J connectivity index is 1.57. The van der Waals surface area contributed by atoms with Gasteiger partial charge in [-0.15, -0.1) is 0 Å². The molecule has 0 aliphatic carbocycles. The average Bonchev–Trinajstić information content (AvgIpc) is 3.13. The van der Waals surface area contributed by atoms with Crippen LogP contribution in [0.4, 0.5) is 0 Å². The third-order valence-corrected chi connectivity index (χ3v) is 6.46. The van der Waals surface area contributed by atoms with Crippen LogP contribution in [0.1, 0.15) is 18.0 Å². The molecule has 11 heteroatoms. The molecule has 0 spiro atoms. The molecule has 1 aliphatic heterocycles. The molecule has 10 nitrogen and oxygen atoms in total. The van der Waals surface area contributed by atoms with Crippen molar-refractivity contribution in [2.24, 2.45) is 14.1 Å². The number of nitrogens with zero attached hydrogens (tertiary/aromatic N) is 4. The molecule has 0 radical (unpaired) electrons. The van der Waals surface area contributed by atoms with E-state index in [2.05, 4.69) is 9.71 Å². The summed E-state index contributed by atoms with van der Waals surface area (Å²) in [5.41, 5.74) is 0.229. The van der Waals surface area contributed by atoms with Crippen LogP contribution >= 0.6 is 0 Å². The summed E-state index contributed by atoms with van der Waals surface area (Å²) in [6, 6.07) is 6.97. The minimum absolute atomic E-state index is 0.0319. The van der Waals surface area contributed by atoms with Gasteiger partial charge in [-0.05, 0) is 6.07 Å². The number of nitrogens with one attached hydrogen (secondary N) is 1. The van der Waals surface area contributed by atoms with Crippen LogP contribution in [0.5, 0.6) is 5.75 Å². The average molecular weight is 419 g/mol. The number of hydrogen-bond donors (Lipinski definition) is 1. The van der Waals surface area contributed by atoms with Crippen molar-refractivity contribution in [1.29, 1.82) is 0 Å². The summed E-state index contributed by atoms with van der Waals surface area (Å²) in [5, 5.41) is 0. The van der Waals surface area contributed by atoms with Crippen LogP contribution in [0.2, 0.25) is 0 Å². The standard InChI is InChI=1S/C18H21N5O5S/c1-21-16-15(17(24)22(2)18(21)25)23(11-19-16)8-10-29(26,27)20-13-7-9-28-14-6-4-3-5-12(13)14/h3-6,11,13,20H,7-10H2,1-2H3/t13-/m1/s1. The Morgan fingerprint density at radius 1 is 1.21 bits per heavy atom. The second kappa shape index (κ2) is 7.16. The zero-order valence-electron chi connectivity index (χ0n) is 16.0. The maximum Gasteiger partial charge on any atom is 0.332 e. The van der Waals surface area contributed by atoms with Crippen molar-refractivity contribution in [2.75, 3.05) is 12.4 Å². The third kappa shape index (κ3) is 3.47. The van der Waals surface area contributed by atoms with Gasteiger partial charge in [0.2, 0.25) is 10.0 Å². The monoisotopic (exact) mass is 419 g/mol. The van der Waals surface area contributed by atoms with Crippen molar-refractivity contribution in [2.45, 2.75) is 19.0 Å². The Morgan fingerprint density at radius 2 is 1.97 bits per heavy atom. The number of benzene rings is 1. The molecule has 1 aromatic carbocycles. The first kappa shape index (κ1) is 19.4. The highest BCUT2D eigenvalue weighted by Crippen LogP contribution is 2.31. The molecular formula is C18H21N5O5S. The van der Waals surface area contributed by atoms with E-state index >= 15 is 0 Å². The normalized spacial score (nSPS) is 16.6. The fraction of sp³-hybridized carbons (Fsp3) is 0.389. The number of ether oxygens (including phenoxy) is 1. The SMILES string of the molecule is Cn1c(=O)c2c(ncn2CCS(=O)(=O)N[C@@H]2CCOc3ccccc32)n(C)c1=O. The van der Waals surface area contributed by atoms with E-state index in [1.165, 1.54) is 29.6 Å². The van der Waals surface area contributed by atoms with Gasteiger partial charge in [0.1, 0.15) is 5.75 Å². The van der Waals surface area contributed by atoms with E-state index < -0.39 is 21.3 Å². The lowest BCUT2D eigenvalue weighted by Gasteiger charge is -2.26. The van der Waals surface area contributed by atoms with E-state index in [0.29, 0.717) is 18.8 Å². The third-order valence-electron chi connectivity index (χ3n) is 5.10. The highest BCUT2D eigenvalue weighted by atomic mass is 32.2. The van der Waals surface area contributed by atoms with Crippen LogP contribution < -0.4 is 20.7 Å². The zero-order valence-corrected chi connectivity index (χ0v) is 16.8. The summed E-state index contributed by atoms with van der Waals surface area (Å²) in [4.78, 5) is 28.6. The second-order valence-electron chi connectivity index (χ2n) is 6.98. The van der Waals surface area contributed by atoms with Gasteiger partial charge in [-0.3, -0.25) is 13.9 Å². The molecule has 29 heavy (non-hydrogen) atoms. The number of rotatable bonds is 5. The molecule has 0 saturated heterocycles. The molecule has 0 saturated carbocycles. The lowest BCUT2D eigenvalue weighted by Crippen LogP contribution is -2.38. The van der Waals surface area contributed by atoms with Crippen LogP contribution in [0, 0.1) is 0 Å². The minimum atomic E-state index is -3.64. The van der Waals surface area contributed by atoms with Crippen molar-refractivity contribution < 1.29 is 13.2 Å². The topological polar surface area (TPSA) is 117 Å². The van der Waals surface area contributed by atoms with Crippen LogP contribution in [0.15, 0.2) is 40.2 Å². The fourth-order valence-corrected chi connectivity index (χ4v) is 4.76. The smallest absolute Gasteiger partial charge is 0.332 e. The Kier molecular flexibility index (Phi) is 4.79. The molecule has 0 fully saturated rings. The maximum absolute atomic E-state index is 12.7. The summed E-state index contributed by atoms with van der Waals surface area (Å²) in [6.07, 6.45) is 1.91. The lowest BCUT2D eigenvalue weighted by molar-refractivity contribution is 0.263. The van der Waals surface area contributed by atoms with Gasteiger partial charge in [-0.25, -0.2) is 22.9 Å². The van der Waals surface area contributed by atoms with Gasteiger partial charge in [0, 0.05) is 32.6 Å². The van der Waals surface area contributed by atoms with E-state index in [1.54, 1.807) is 0 Å². The van der Waals surface area contributed by atoms with Crippen molar-refractivity contribution in [1.82, 2.24) is 23.4 Å². The van der Waals surface area contributed by atoms with Crippen LogP contribution in [0.25, 0.3) is 11.2 Å². The zero-order chi connectivity index (χ0) is 20.8. The first-order valence-corrected chi connectivity index (χ1v) is 10.8. The van der Waals surface area contributed by atoms with Crippen molar-refractivity contribution >= 4 is 21.2 Å². The van der Waals surface area contributed by atoms with Gasteiger partial charge < -0.3 is 9.30 Å². The predicted octanol–water partition coefficient (Wildman–Crippen LogP) is -0.123. The second-order valence-corrected chi connectivity index (χ2v) is 8.85. The highest BCUT2D eigenvalue weighted by molar-refractivity contribution is 7.89.